The molecule has 0 aliphatic carbocycles. The molecule has 1 aromatic heterocycles. The lowest BCUT2D eigenvalue weighted by atomic mass is 9.97. The Labute approximate surface area is 111 Å². The summed E-state index contributed by atoms with van der Waals surface area (Å²) < 4.78 is 2.53. The van der Waals surface area contributed by atoms with E-state index in [-0.39, 0.29) is 11.3 Å². The maximum Gasteiger partial charge on any atom is 0.182 e. The predicted octanol–water partition coefficient (Wildman–Crippen LogP) is 2.76. The molecule has 1 aromatic rings. The van der Waals surface area contributed by atoms with Crippen LogP contribution in [0.25, 0.3) is 0 Å². The quantitative estimate of drug-likeness (QED) is 0.822. The fourth-order valence-electron chi connectivity index (χ4n) is 1.58. The van der Waals surface area contributed by atoms with Crippen molar-refractivity contribution >= 4 is 21.7 Å². The zero-order valence-corrected chi connectivity index (χ0v) is 12.2. The summed E-state index contributed by atoms with van der Waals surface area (Å²) in [7, 11) is 0. The van der Waals surface area contributed by atoms with E-state index in [4.69, 9.17) is 5.73 Å². The molecular weight excluding hydrogens is 282 g/mol. The molecule has 5 heteroatoms. The first-order chi connectivity index (χ1) is 7.85. The molecule has 0 aromatic carbocycles. The molecule has 0 radical (unpaired) electrons. The van der Waals surface area contributed by atoms with Gasteiger partial charge < -0.3 is 5.73 Å². The number of nitrogens with zero attached hydrogens (tertiary/aromatic N) is 2. The average Bonchev–Trinajstić information content (AvgIpc) is 2.56. The molecule has 0 unspecified atom stereocenters. The highest BCUT2D eigenvalue weighted by Gasteiger charge is 2.19. The number of hydrogen-bond acceptors (Lipinski definition) is 3. The number of aromatic nitrogens is 2. The molecule has 1 rings (SSSR count). The number of Topliss-reactive ketones (excluding diaryl/α,β-unsaturated/α-hetero) is 1. The number of aryl methyl sites for hydroxylation is 1. The first-order valence-corrected chi connectivity index (χ1v) is 6.68. The van der Waals surface area contributed by atoms with Gasteiger partial charge in [0.05, 0.1) is 10.7 Å². The van der Waals surface area contributed by atoms with E-state index in [1.165, 1.54) is 0 Å². The van der Waals surface area contributed by atoms with Crippen LogP contribution in [0.3, 0.4) is 0 Å². The Bertz CT molecular complexity index is 393. The van der Waals surface area contributed by atoms with Gasteiger partial charge in [0, 0.05) is 18.5 Å². The third-order valence-corrected chi connectivity index (χ3v) is 3.07. The van der Waals surface area contributed by atoms with Crippen molar-refractivity contribution in [1.82, 2.24) is 9.78 Å². The zero-order valence-electron chi connectivity index (χ0n) is 10.7. The molecule has 0 aliphatic heterocycles. The third-order valence-electron chi connectivity index (χ3n) is 2.49. The minimum absolute atomic E-state index is 0.0985. The average molecular weight is 302 g/mol. The van der Waals surface area contributed by atoms with Crippen molar-refractivity contribution in [2.75, 3.05) is 0 Å². The summed E-state index contributed by atoms with van der Waals surface area (Å²) in [6.45, 7) is 6.68. The number of hydrogen-bond donors (Lipinski definition) is 1. The molecule has 0 spiro atoms. The monoisotopic (exact) mass is 301 g/mol. The van der Waals surface area contributed by atoms with E-state index in [0.717, 1.165) is 17.4 Å². The van der Waals surface area contributed by atoms with Crippen molar-refractivity contribution in [3.8, 4) is 0 Å². The Morgan fingerprint density at radius 2 is 2.24 bits per heavy atom. The van der Waals surface area contributed by atoms with Gasteiger partial charge in [0.1, 0.15) is 5.69 Å². The van der Waals surface area contributed by atoms with Crippen molar-refractivity contribution in [3.63, 3.8) is 0 Å². The first-order valence-electron chi connectivity index (χ1n) is 5.88. The number of rotatable bonds is 6. The molecule has 96 valence electrons. The zero-order chi connectivity index (χ0) is 13.1. The van der Waals surface area contributed by atoms with E-state index < -0.39 is 0 Å². The minimum atomic E-state index is -0.308. The van der Waals surface area contributed by atoms with Gasteiger partial charge >= 0.3 is 0 Å². The highest BCUT2D eigenvalue weighted by molar-refractivity contribution is 9.10. The number of carbonyl (C=O) groups excluding carboxylic acids is 1. The van der Waals surface area contributed by atoms with Gasteiger partial charge in [-0.15, -0.1) is 0 Å². The Kier molecular flexibility index (Phi) is 4.89. The van der Waals surface area contributed by atoms with E-state index in [2.05, 4.69) is 28.0 Å². The van der Waals surface area contributed by atoms with Gasteiger partial charge in [0.25, 0.3) is 0 Å². The van der Waals surface area contributed by atoms with Gasteiger partial charge in [-0.05, 0) is 42.6 Å². The molecule has 0 bridgehead atoms. The van der Waals surface area contributed by atoms with Crippen molar-refractivity contribution in [2.45, 2.75) is 52.1 Å². The van der Waals surface area contributed by atoms with Crippen LogP contribution < -0.4 is 5.73 Å². The molecule has 17 heavy (non-hydrogen) atoms. The standard InChI is InChI=1S/C12H20BrN3O/c1-4-7-16-11(9(13)8-15-16)10(17)5-6-12(2,3)14/h8H,4-7,14H2,1-3H3. The van der Waals surface area contributed by atoms with Crippen LogP contribution in [0.4, 0.5) is 0 Å². The highest BCUT2D eigenvalue weighted by Crippen LogP contribution is 2.20. The van der Waals surface area contributed by atoms with Crippen LogP contribution in [0.5, 0.6) is 0 Å². The van der Waals surface area contributed by atoms with E-state index >= 15 is 0 Å². The lowest BCUT2D eigenvalue weighted by Gasteiger charge is -2.17. The Balaban J connectivity index is 2.77. The SMILES string of the molecule is CCCn1ncc(Br)c1C(=O)CCC(C)(C)N. The first kappa shape index (κ1) is 14.4. The van der Waals surface area contributed by atoms with Crippen molar-refractivity contribution in [1.29, 1.82) is 0 Å². The molecule has 4 nitrogen and oxygen atoms in total. The second-order valence-corrected chi connectivity index (χ2v) is 5.83. The van der Waals surface area contributed by atoms with Crippen LogP contribution in [-0.2, 0) is 6.54 Å². The number of nitrogens with two attached hydrogens (primary N) is 1. The third kappa shape index (κ3) is 4.24. The highest BCUT2D eigenvalue weighted by atomic mass is 79.9. The maximum atomic E-state index is 12.1. The van der Waals surface area contributed by atoms with E-state index in [1.54, 1.807) is 10.9 Å². The summed E-state index contributed by atoms with van der Waals surface area (Å²) in [6, 6.07) is 0. The molecular formula is C12H20BrN3O. The molecule has 0 saturated heterocycles. The Morgan fingerprint density at radius 1 is 1.59 bits per heavy atom. The number of halogens is 1. The van der Waals surface area contributed by atoms with Gasteiger partial charge in [-0.3, -0.25) is 9.48 Å². The van der Waals surface area contributed by atoms with E-state index in [9.17, 15) is 4.79 Å². The molecule has 0 fully saturated rings. The Hall–Kier alpha value is -0.680. The summed E-state index contributed by atoms with van der Waals surface area (Å²) in [5.74, 6) is 0.0985. The van der Waals surface area contributed by atoms with Gasteiger partial charge in [-0.25, -0.2) is 0 Å². The lowest BCUT2D eigenvalue weighted by Crippen LogP contribution is -2.32. The van der Waals surface area contributed by atoms with Crippen molar-refractivity contribution in [3.05, 3.63) is 16.4 Å². The molecule has 0 saturated carbocycles. The summed E-state index contributed by atoms with van der Waals surface area (Å²) in [6.07, 6.45) is 3.76. The fraction of sp³-hybridized carbons (Fsp3) is 0.667. The molecule has 2 N–H and O–H groups in total. The van der Waals surface area contributed by atoms with Crippen LogP contribution in [0, 0.1) is 0 Å². The minimum Gasteiger partial charge on any atom is -0.326 e. The molecule has 0 aliphatic rings. The van der Waals surface area contributed by atoms with Crippen molar-refractivity contribution in [2.24, 2.45) is 5.73 Å². The molecule has 0 atom stereocenters. The molecule has 1 heterocycles. The molecule has 0 amide bonds. The number of ketones is 1. The van der Waals surface area contributed by atoms with Gasteiger partial charge in [-0.1, -0.05) is 6.92 Å². The van der Waals surface area contributed by atoms with Crippen LogP contribution in [0.1, 0.15) is 50.5 Å². The summed E-state index contributed by atoms with van der Waals surface area (Å²) in [5.41, 5.74) is 6.24. The summed E-state index contributed by atoms with van der Waals surface area (Å²) >= 11 is 3.37. The second kappa shape index (κ2) is 5.78. The fourth-order valence-corrected chi connectivity index (χ4v) is 2.09. The van der Waals surface area contributed by atoms with E-state index in [0.29, 0.717) is 18.5 Å². The predicted molar refractivity (Wildman–Crippen MR) is 72.0 cm³/mol. The normalized spacial score (nSPS) is 11.8. The number of carbonyl (C=O) groups is 1. The van der Waals surface area contributed by atoms with Crippen LogP contribution in [-0.4, -0.2) is 21.1 Å². The second-order valence-electron chi connectivity index (χ2n) is 4.98. The van der Waals surface area contributed by atoms with Crippen molar-refractivity contribution < 1.29 is 4.79 Å². The lowest BCUT2D eigenvalue weighted by molar-refractivity contribution is 0.0961. The van der Waals surface area contributed by atoms with Crippen LogP contribution >= 0.6 is 15.9 Å². The van der Waals surface area contributed by atoms with Crippen LogP contribution in [0.2, 0.25) is 0 Å². The van der Waals surface area contributed by atoms with Gasteiger partial charge in [0.2, 0.25) is 0 Å². The van der Waals surface area contributed by atoms with E-state index in [1.807, 2.05) is 13.8 Å². The topological polar surface area (TPSA) is 60.9 Å². The maximum absolute atomic E-state index is 12.1. The van der Waals surface area contributed by atoms with Gasteiger partial charge in [0.15, 0.2) is 5.78 Å². The smallest absolute Gasteiger partial charge is 0.182 e. The van der Waals surface area contributed by atoms with Crippen LogP contribution in [0.15, 0.2) is 10.7 Å². The summed E-state index contributed by atoms with van der Waals surface area (Å²) in [4.78, 5) is 12.1. The Morgan fingerprint density at radius 3 is 2.76 bits per heavy atom. The summed E-state index contributed by atoms with van der Waals surface area (Å²) in [5, 5.41) is 4.19. The van der Waals surface area contributed by atoms with Gasteiger partial charge in [-0.2, -0.15) is 5.10 Å². The largest absolute Gasteiger partial charge is 0.326 e.